The number of aromatic nitrogens is 4. The Morgan fingerprint density at radius 1 is 1.19 bits per heavy atom. The van der Waals surface area contributed by atoms with Crippen LogP contribution in [0.25, 0.3) is 0 Å². The highest BCUT2D eigenvalue weighted by molar-refractivity contribution is 7.99. The molecule has 0 aliphatic rings. The fourth-order valence-corrected chi connectivity index (χ4v) is 3.03. The minimum absolute atomic E-state index is 0.120. The number of Topliss-reactive ketones (excluding diaryl/α,β-unsaturated/α-hetero) is 1. The maximum absolute atomic E-state index is 12.5. The number of hydrogen-bond acceptors (Lipinski definition) is 5. The van der Waals surface area contributed by atoms with E-state index in [2.05, 4.69) is 29.4 Å². The number of benzene rings is 1. The van der Waals surface area contributed by atoms with Crippen LogP contribution in [0.3, 0.4) is 0 Å². The molecular formula is C15H20N4OS. The average Bonchev–Trinajstić information content (AvgIpc) is 2.93. The number of thioether (sulfide) groups is 1. The second kappa shape index (κ2) is 6.39. The first-order chi connectivity index (χ1) is 9.95. The van der Waals surface area contributed by atoms with Crippen LogP contribution >= 0.6 is 11.8 Å². The largest absolute Gasteiger partial charge is 0.293 e. The highest BCUT2D eigenvalue weighted by Crippen LogP contribution is 2.23. The fraction of sp³-hybridized carbons (Fsp3) is 0.467. The van der Waals surface area contributed by atoms with E-state index in [1.54, 1.807) is 4.68 Å². The second-order valence-corrected chi connectivity index (χ2v) is 6.05. The number of carbonyl (C=O) groups is 1. The third-order valence-electron chi connectivity index (χ3n) is 3.91. The number of aryl methyl sites for hydroxylation is 2. The number of carbonyl (C=O) groups excluding carboxylic acids is 1. The van der Waals surface area contributed by atoms with E-state index < -0.39 is 0 Å². The molecule has 0 bridgehead atoms. The highest BCUT2D eigenvalue weighted by atomic mass is 32.2. The van der Waals surface area contributed by atoms with Gasteiger partial charge in [0.1, 0.15) is 0 Å². The van der Waals surface area contributed by atoms with Gasteiger partial charge in [-0.2, -0.15) is 0 Å². The van der Waals surface area contributed by atoms with E-state index in [1.165, 1.54) is 22.9 Å². The minimum Gasteiger partial charge on any atom is -0.293 e. The van der Waals surface area contributed by atoms with Gasteiger partial charge in [0.2, 0.25) is 5.16 Å². The number of tetrazole rings is 1. The lowest BCUT2D eigenvalue weighted by Gasteiger charge is -2.13. The Labute approximate surface area is 129 Å². The summed E-state index contributed by atoms with van der Waals surface area (Å²) < 4.78 is 1.69. The first-order valence-electron chi connectivity index (χ1n) is 6.95. The van der Waals surface area contributed by atoms with Gasteiger partial charge in [0.15, 0.2) is 5.78 Å². The van der Waals surface area contributed by atoms with E-state index in [9.17, 15) is 4.79 Å². The van der Waals surface area contributed by atoms with Crippen molar-refractivity contribution >= 4 is 17.5 Å². The van der Waals surface area contributed by atoms with Crippen molar-refractivity contribution in [2.45, 2.75) is 46.3 Å². The SMILES string of the molecule is CCn1nnnc1SCC(=O)c1cc(C)c(C)c(C)c1C. The predicted octanol–water partition coefficient (Wildman–Crippen LogP) is 2.90. The van der Waals surface area contributed by atoms with Crippen molar-refractivity contribution < 1.29 is 4.79 Å². The van der Waals surface area contributed by atoms with Crippen molar-refractivity contribution in [1.29, 1.82) is 0 Å². The monoisotopic (exact) mass is 304 g/mol. The van der Waals surface area contributed by atoms with Gasteiger partial charge < -0.3 is 0 Å². The molecule has 21 heavy (non-hydrogen) atoms. The smallest absolute Gasteiger partial charge is 0.209 e. The molecule has 6 heteroatoms. The van der Waals surface area contributed by atoms with Crippen LogP contribution in [0.5, 0.6) is 0 Å². The van der Waals surface area contributed by atoms with Crippen molar-refractivity contribution in [1.82, 2.24) is 20.2 Å². The van der Waals surface area contributed by atoms with Gasteiger partial charge in [-0.05, 0) is 73.4 Å². The van der Waals surface area contributed by atoms with Gasteiger partial charge in [-0.1, -0.05) is 11.8 Å². The maximum atomic E-state index is 12.5. The quantitative estimate of drug-likeness (QED) is 0.628. The van der Waals surface area contributed by atoms with E-state index >= 15 is 0 Å². The number of rotatable bonds is 5. The first-order valence-corrected chi connectivity index (χ1v) is 7.93. The van der Waals surface area contributed by atoms with Crippen LogP contribution in [0.1, 0.15) is 39.5 Å². The lowest BCUT2D eigenvalue weighted by molar-refractivity contribution is 0.102. The van der Waals surface area contributed by atoms with E-state index in [-0.39, 0.29) is 5.78 Å². The lowest BCUT2D eigenvalue weighted by Crippen LogP contribution is -2.09. The standard InChI is InChI=1S/C15H20N4OS/c1-6-19-15(16-17-18-19)21-8-14(20)13-7-9(2)10(3)11(4)12(13)5/h7H,6,8H2,1-5H3. The molecule has 112 valence electrons. The van der Waals surface area contributed by atoms with Crippen molar-refractivity contribution in [3.63, 3.8) is 0 Å². The van der Waals surface area contributed by atoms with E-state index in [0.717, 1.165) is 16.7 Å². The van der Waals surface area contributed by atoms with Gasteiger partial charge in [0, 0.05) is 12.1 Å². The molecule has 2 rings (SSSR count). The topological polar surface area (TPSA) is 60.7 Å². The van der Waals surface area contributed by atoms with Gasteiger partial charge in [0.25, 0.3) is 0 Å². The zero-order valence-electron chi connectivity index (χ0n) is 13.1. The molecule has 0 spiro atoms. The van der Waals surface area contributed by atoms with Gasteiger partial charge >= 0.3 is 0 Å². The maximum Gasteiger partial charge on any atom is 0.209 e. The molecule has 0 unspecified atom stereocenters. The van der Waals surface area contributed by atoms with E-state index in [1.807, 2.05) is 26.8 Å². The van der Waals surface area contributed by atoms with Crippen LogP contribution in [0.4, 0.5) is 0 Å². The average molecular weight is 304 g/mol. The summed E-state index contributed by atoms with van der Waals surface area (Å²) in [5.74, 6) is 0.470. The first kappa shape index (κ1) is 15.7. The second-order valence-electron chi connectivity index (χ2n) is 5.11. The highest BCUT2D eigenvalue weighted by Gasteiger charge is 2.15. The van der Waals surface area contributed by atoms with Gasteiger partial charge in [-0.25, -0.2) is 4.68 Å². The molecule has 1 aromatic carbocycles. The van der Waals surface area contributed by atoms with Crippen molar-refractivity contribution in [2.24, 2.45) is 0 Å². The molecule has 0 amide bonds. The molecule has 0 saturated heterocycles. The zero-order valence-corrected chi connectivity index (χ0v) is 13.9. The molecule has 0 aliphatic carbocycles. The molecule has 0 fully saturated rings. The molecule has 0 saturated carbocycles. The van der Waals surface area contributed by atoms with Crippen LogP contribution < -0.4 is 0 Å². The molecular weight excluding hydrogens is 284 g/mol. The summed E-state index contributed by atoms with van der Waals surface area (Å²) >= 11 is 1.38. The Kier molecular flexibility index (Phi) is 4.77. The number of ketones is 1. The minimum atomic E-state index is 0.120. The van der Waals surface area contributed by atoms with E-state index in [4.69, 9.17) is 0 Å². The molecule has 0 atom stereocenters. The van der Waals surface area contributed by atoms with Crippen LogP contribution in [-0.2, 0) is 6.54 Å². The third kappa shape index (κ3) is 3.15. The molecule has 0 aliphatic heterocycles. The van der Waals surface area contributed by atoms with Crippen molar-refractivity contribution in [2.75, 3.05) is 5.75 Å². The Morgan fingerprint density at radius 3 is 2.57 bits per heavy atom. The summed E-state index contributed by atoms with van der Waals surface area (Å²) in [4.78, 5) is 12.5. The summed E-state index contributed by atoms with van der Waals surface area (Å²) in [6, 6.07) is 1.99. The van der Waals surface area contributed by atoms with Crippen LogP contribution in [0, 0.1) is 27.7 Å². The number of nitrogens with zero attached hydrogens (tertiary/aromatic N) is 4. The van der Waals surface area contributed by atoms with Crippen molar-refractivity contribution in [3.8, 4) is 0 Å². The predicted molar refractivity (Wildman–Crippen MR) is 83.9 cm³/mol. The Bertz CT molecular complexity index is 679. The third-order valence-corrected chi connectivity index (χ3v) is 4.87. The Balaban J connectivity index is 2.18. The normalized spacial score (nSPS) is 10.9. The molecule has 5 nitrogen and oxygen atoms in total. The molecule has 2 aromatic rings. The van der Waals surface area contributed by atoms with Crippen LogP contribution in [0.2, 0.25) is 0 Å². The summed E-state index contributed by atoms with van der Waals surface area (Å²) in [6.45, 7) is 10.9. The van der Waals surface area contributed by atoms with Crippen LogP contribution in [-0.4, -0.2) is 31.7 Å². The summed E-state index contributed by atoms with van der Waals surface area (Å²) in [5.41, 5.74) is 5.48. The van der Waals surface area contributed by atoms with Crippen LogP contribution in [0.15, 0.2) is 11.2 Å². The summed E-state index contributed by atoms with van der Waals surface area (Å²) in [5, 5.41) is 12.1. The summed E-state index contributed by atoms with van der Waals surface area (Å²) in [7, 11) is 0. The zero-order chi connectivity index (χ0) is 15.6. The fourth-order valence-electron chi connectivity index (χ4n) is 2.21. The van der Waals surface area contributed by atoms with E-state index in [0.29, 0.717) is 17.5 Å². The summed E-state index contributed by atoms with van der Waals surface area (Å²) in [6.07, 6.45) is 0. The van der Waals surface area contributed by atoms with Crippen molar-refractivity contribution in [3.05, 3.63) is 33.9 Å². The van der Waals surface area contributed by atoms with Gasteiger partial charge in [-0.15, -0.1) is 5.10 Å². The Hall–Kier alpha value is -1.69. The van der Waals surface area contributed by atoms with Gasteiger partial charge in [-0.3, -0.25) is 4.79 Å². The number of hydrogen-bond donors (Lipinski definition) is 0. The molecule has 1 heterocycles. The molecule has 1 aromatic heterocycles. The Morgan fingerprint density at radius 2 is 1.90 bits per heavy atom. The van der Waals surface area contributed by atoms with Gasteiger partial charge in [0.05, 0.1) is 5.75 Å². The lowest BCUT2D eigenvalue weighted by atomic mass is 9.93. The molecule has 0 N–H and O–H groups in total. The molecule has 0 radical (unpaired) electrons.